The molecule has 3 rings (SSSR count). The third-order valence-electron chi connectivity index (χ3n) is 5.01. The van der Waals surface area contributed by atoms with Crippen molar-refractivity contribution >= 4 is 29.5 Å². The first-order valence-electron chi connectivity index (χ1n) is 9.10. The highest BCUT2D eigenvalue weighted by Crippen LogP contribution is 2.42. The molecule has 0 bridgehead atoms. The van der Waals surface area contributed by atoms with Gasteiger partial charge in [0.15, 0.2) is 18.1 Å². The Bertz CT molecular complexity index is 852. The van der Waals surface area contributed by atoms with Crippen LogP contribution < -0.4 is 20.1 Å². The lowest BCUT2D eigenvalue weighted by Crippen LogP contribution is -2.46. The van der Waals surface area contributed by atoms with Crippen LogP contribution in [0.5, 0.6) is 11.5 Å². The Morgan fingerprint density at radius 1 is 1.21 bits per heavy atom. The number of amides is 4. The lowest BCUT2D eigenvalue weighted by Gasteiger charge is -2.20. The maximum absolute atomic E-state index is 12.5. The second-order valence-corrected chi connectivity index (χ2v) is 7.08. The summed E-state index contributed by atoms with van der Waals surface area (Å²) in [5.74, 6) is -0.853. The molecule has 0 aromatic heterocycles. The van der Waals surface area contributed by atoms with Crippen LogP contribution in [0, 0.1) is 5.92 Å². The van der Waals surface area contributed by atoms with Crippen molar-refractivity contribution in [3.8, 4) is 11.5 Å². The highest BCUT2D eigenvalue weighted by molar-refractivity contribution is 6.09. The van der Waals surface area contributed by atoms with Crippen molar-refractivity contribution in [2.24, 2.45) is 5.92 Å². The number of hydrogen-bond acceptors (Lipinski definition) is 7. The van der Waals surface area contributed by atoms with E-state index >= 15 is 0 Å². The van der Waals surface area contributed by atoms with E-state index in [2.05, 4.69) is 10.6 Å². The van der Waals surface area contributed by atoms with Crippen molar-refractivity contribution in [3.63, 3.8) is 0 Å². The van der Waals surface area contributed by atoms with E-state index in [1.807, 2.05) is 0 Å². The van der Waals surface area contributed by atoms with Crippen molar-refractivity contribution in [3.05, 3.63) is 18.2 Å². The molecule has 1 heterocycles. The molecule has 1 atom stereocenters. The largest absolute Gasteiger partial charge is 0.493 e. The Morgan fingerprint density at radius 3 is 2.52 bits per heavy atom. The maximum Gasteiger partial charge on any atom is 0.326 e. The zero-order valence-corrected chi connectivity index (χ0v) is 16.4. The minimum absolute atomic E-state index is 0.0900. The number of carbonyl (C=O) groups excluding carboxylic acids is 4. The van der Waals surface area contributed by atoms with Crippen molar-refractivity contribution in [1.29, 1.82) is 0 Å². The van der Waals surface area contributed by atoms with E-state index in [0.717, 1.165) is 17.7 Å². The van der Waals surface area contributed by atoms with Gasteiger partial charge in [0.25, 0.3) is 11.8 Å². The lowest BCUT2D eigenvalue weighted by atomic mass is 9.96. The summed E-state index contributed by atoms with van der Waals surface area (Å²) in [7, 11) is 2.96. The topological polar surface area (TPSA) is 123 Å². The van der Waals surface area contributed by atoms with Crippen LogP contribution in [-0.4, -0.2) is 61.6 Å². The molecule has 1 aliphatic carbocycles. The van der Waals surface area contributed by atoms with Gasteiger partial charge in [0.1, 0.15) is 12.1 Å². The van der Waals surface area contributed by atoms with E-state index in [1.54, 1.807) is 25.1 Å². The predicted molar refractivity (Wildman–Crippen MR) is 101 cm³/mol. The molecule has 2 aliphatic rings. The van der Waals surface area contributed by atoms with Gasteiger partial charge >= 0.3 is 12.0 Å². The van der Waals surface area contributed by atoms with Gasteiger partial charge in [-0.25, -0.2) is 4.79 Å². The molecule has 156 valence electrons. The fraction of sp³-hybridized carbons (Fsp3) is 0.474. The second kappa shape index (κ2) is 7.98. The molecule has 1 saturated heterocycles. The SMILES string of the molecule is COc1ccc(NC(=O)COC(=O)CN2C(=O)N[C@@](C)(C3CC3)C2=O)cc1OC. The monoisotopic (exact) mass is 405 g/mol. The van der Waals surface area contributed by atoms with E-state index in [1.165, 1.54) is 14.2 Å². The fourth-order valence-corrected chi connectivity index (χ4v) is 3.23. The number of nitrogens with one attached hydrogen (secondary N) is 2. The first-order valence-corrected chi connectivity index (χ1v) is 9.10. The number of nitrogens with zero attached hydrogens (tertiary/aromatic N) is 1. The minimum Gasteiger partial charge on any atom is -0.493 e. The fourth-order valence-electron chi connectivity index (χ4n) is 3.23. The zero-order chi connectivity index (χ0) is 21.2. The minimum atomic E-state index is -0.970. The molecule has 10 heteroatoms. The summed E-state index contributed by atoms with van der Waals surface area (Å²) in [6.45, 7) is 0.556. The summed E-state index contributed by atoms with van der Waals surface area (Å²) in [6.07, 6.45) is 1.72. The van der Waals surface area contributed by atoms with Gasteiger partial charge in [-0.05, 0) is 37.8 Å². The maximum atomic E-state index is 12.5. The van der Waals surface area contributed by atoms with Crippen LogP contribution >= 0.6 is 0 Å². The zero-order valence-electron chi connectivity index (χ0n) is 16.4. The van der Waals surface area contributed by atoms with Gasteiger partial charge in [-0.3, -0.25) is 19.3 Å². The summed E-state index contributed by atoms with van der Waals surface area (Å²) < 4.78 is 15.2. The Labute approximate surface area is 167 Å². The van der Waals surface area contributed by atoms with Gasteiger partial charge in [0, 0.05) is 11.8 Å². The van der Waals surface area contributed by atoms with Gasteiger partial charge in [-0.15, -0.1) is 0 Å². The molecule has 2 N–H and O–H groups in total. The first-order chi connectivity index (χ1) is 13.8. The third-order valence-corrected chi connectivity index (χ3v) is 5.01. The Balaban J connectivity index is 1.50. The predicted octanol–water partition coefficient (Wildman–Crippen LogP) is 0.906. The van der Waals surface area contributed by atoms with Crippen LogP contribution in [0.1, 0.15) is 19.8 Å². The molecular weight excluding hydrogens is 382 g/mol. The number of benzene rings is 1. The summed E-state index contributed by atoms with van der Waals surface area (Å²) in [4.78, 5) is 49.4. The Morgan fingerprint density at radius 2 is 1.90 bits per heavy atom. The van der Waals surface area contributed by atoms with Crippen LogP contribution in [0.2, 0.25) is 0 Å². The van der Waals surface area contributed by atoms with E-state index in [9.17, 15) is 19.2 Å². The molecule has 10 nitrogen and oxygen atoms in total. The summed E-state index contributed by atoms with van der Waals surface area (Å²) in [5, 5.41) is 5.20. The van der Waals surface area contributed by atoms with Crippen LogP contribution in [0.3, 0.4) is 0 Å². The van der Waals surface area contributed by atoms with Crippen LogP contribution in [0.25, 0.3) is 0 Å². The van der Waals surface area contributed by atoms with E-state index in [4.69, 9.17) is 14.2 Å². The van der Waals surface area contributed by atoms with E-state index < -0.39 is 42.5 Å². The molecule has 1 aromatic rings. The van der Waals surface area contributed by atoms with Gasteiger partial charge in [0.05, 0.1) is 14.2 Å². The number of hydrogen-bond donors (Lipinski definition) is 2. The molecule has 1 aliphatic heterocycles. The van der Waals surface area contributed by atoms with Crippen molar-refractivity contribution < 1.29 is 33.4 Å². The number of rotatable bonds is 8. The number of esters is 1. The number of methoxy groups -OCH3 is 2. The van der Waals surface area contributed by atoms with Crippen molar-refractivity contribution in [2.45, 2.75) is 25.3 Å². The summed E-state index contributed by atoms with van der Waals surface area (Å²) in [5.41, 5.74) is -0.541. The molecule has 0 unspecified atom stereocenters. The van der Waals surface area contributed by atoms with E-state index in [-0.39, 0.29) is 5.92 Å². The average molecular weight is 405 g/mol. The van der Waals surface area contributed by atoms with Crippen molar-refractivity contribution in [2.75, 3.05) is 32.7 Å². The molecule has 2 fully saturated rings. The first kappa shape index (κ1) is 20.4. The number of ether oxygens (including phenoxy) is 3. The van der Waals surface area contributed by atoms with Crippen LogP contribution in [-0.2, 0) is 19.1 Å². The number of imide groups is 1. The highest BCUT2D eigenvalue weighted by Gasteiger charge is 2.56. The molecular formula is C19H23N3O7. The lowest BCUT2D eigenvalue weighted by molar-refractivity contribution is -0.150. The molecule has 4 amide bonds. The van der Waals surface area contributed by atoms with Gasteiger partial charge in [-0.1, -0.05) is 0 Å². The standard InChI is InChI=1S/C19H23N3O7/c1-19(11-4-5-11)17(25)22(18(26)21-19)9-16(24)29-10-15(23)20-12-6-7-13(27-2)14(8-12)28-3/h6-8,11H,4-5,9-10H2,1-3H3,(H,20,23)(H,21,26)/t19-/m0/s1. The third kappa shape index (κ3) is 4.25. The molecule has 1 aromatic carbocycles. The van der Waals surface area contributed by atoms with Crippen molar-refractivity contribution in [1.82, 2.24) is 10.2 Å². The second-order valence-electron chi connectivity index (χ2n) is 7.08. The molecule has 0 spiro atoms. The van der Waals surface area contributed by atoms with Crippen LogP contribution in [0.4, 0.5) is 10.5 Å². The summed E-state index contributed by atoms with van der Waals surface area (Å²) in [6, 6.07) is 4.16. The van der Waals surface area contributed by atoms with Crippen LogP contribution in [0.15, 0.2) is 18.2 Å². The molecule has 0 radical (unpaired) electrons. The Kier molecular flexibility index (Phi) is 5.62. The Hall–Kier alpha value is -3.30. The normalized spacial score (nSPS) is 20.9. The van der Waals surface area contributed by atoms with Gasteiger partial charge < -0.3 is 24.8 Å². The number of anilines is 1. The van der Waals surface area contributed by atoms with Gasteiger partial charge in [-0.2, -0.15) is 0 Å². The number of carbonyl (C=O) groups is 4. The van der Waals surface area contributed by atoms with Gasteiger partial charge in [0.2, 0.25) is 0 Å². The molecule has 1 saturated carbocycles. The summed E-state index contributed by atoms with van der Waals surface area (Å²) >= 11 is 0. The quantitative estimate of drug-likeness (QED) is 0.487. The van der Waals surface area contributed by atoms with E-state index in [0.29, 0.717) is 17.2 Å². The average Bonchev–Trinajstić information content (AvgIpc) is 3.52. The highest BCUT2D eigenvalue weighted by atomic mass is 16.5. The number of urea groups is 1. The smallest absolute Gasteiger partial charge is 0.326 e. The molecule has 29 heavy (non-hydrogen) atoms.